The zero-order valence-corrected chi connectivity index (χ0v) is 18.6. The number of esters is 1. The molecule has 1 aliphatic heterocycles. The molecule has 0 saturated heterocycles. The Balaban J connectivity index is 1.98. The van der Waals surface area contributed by atoms with Crippen molar-refractivity contribution >= 4 is 46.7 Å². The average Bonchev–Trinajstić information content (AvgIpc) is 2.68. The van der Waals surface area contributed by atoms with E-state index in [1.807, 2.05) is 0 Å². The van der Waals surface area contributed by atoms with Crippen LogP contribution in [0.1, 0.15) is 43.6 Å². The van der Waals surface area contributed by atoms with Gasteiger partial charge in [-0.1, -0.05) is 11.6 Å². The van der Waals surface area contributed by atoms with Crippen LogP contribution < -0.4 is 5.32 Å². The number of aromatic nitrogens is 1. The number of carbonyl (C=O) groups is 3. The predicted molar refractivity (Wildman–Crippen MR) is 116 cm³/mol. The first-order chi connectivity index (χ1) is 15.0. The zero-order chi connectivity index (χ0) is 23.6. The van der Waals surface area contributed by atoms with E-state index in [-0.39, 0.29) is 34.4 Å². The number of benzene rings is 1. The number of ether oxygens (including phenoxy) is 2. The van der Waals surface area contributed by atoms with Gasteiger partial charge in [-0.3, -0.25) is 19.9 Å². The van der Waals surface area contributed by atoms with Crippen LogP contribution in [0.2, 0.25) is 5.02 Å². The first-order valence-electron chi connectivity index (χ1n) is 9.75. The van der Waals surface area contributed by atoms with Crippen LogP contribution in [0.25, 0.3) is 0 Å². The molecule has 8 nitrogen and oxygen atoms in total. The molecule has 0 radical (unpaired) electrons. The summed E-state index contributed by atoms with van der Waals surface area (Å²) in [7, 11) is 0. The first-order valence-corrected chi connectivity index (χ1v) is 10.1. The van der Waals surface area contributed by atoms with Gasteiger partial charge in [0, 0.05) is 23.4 Å². The molecule has 32 heavy (non-hydrogen) atoms. The molecule has 0 aliphatic carbocycles. The number of ketones is 1. The number of amides is 1. The molecular formula is C22H21ClFN3O5. The van der Waals surface area contributed by atoms with E-state index in [0.717, 1.165) is 12.1 Å². The summed E-state index contributed by atoms with van der Waals surface area (Å²) < 4.78 is 24.2. The number of fused-ring (bicyclic) bond motifs is 1. The SMILES string of the molecule is CCOC(=O)C1C(=O)c2cc(Cl)c(F)cc2N=C1c1ccc(NC(=O)OC(C)(C)C)nc1. The Morgan fingerprint density at radius 1 is 1.25 bits per heavy atom. The van der Waals surface area contributed by atoms with Crippen molar-refractivity contribution in [1.82, 2.24) is 4.98 Å². The molecule has 1 atom stereocenters. The number of aliphatic imine (C=N–C) groups is 1. The topological polar surface area (TPSA) is 107 Å². The highest BCUT2D eigenvalue weighted by atomic mass is 35.5. The summed E-state index contributed by atoms with van der Waals surface area (Å²) in [6.07, 6.45) is 0.649. The Morgan fingerprint density at radius 3 is 2.56 bits per heavy atom. The van der Waals surface area contributed by atoms with E-state index in [1.54, 1.807) is 27.7 Å². The van der Waals surface area contributed by atoms with Gasteiger partial charge in [0.2, 0.25) is 0 Å². The van der Waals surface area contributed by atoms with E-state index in [0.29, 0.717) is 5.56 Å². The Hall–Kier alpha value is -3.33. The van der Waals surface area contributed by atoms with E-state index >= 15 is 0 Å². The van der Waals surface area contributed by atoms with Crippen molar-refractivity contribution in [2.24, 2.45) is 10.9 Å². The summed E-state index contributed by atoms with van der Waals surface area (Å²) >= 11 is 5.81. The molecule has 1 aromatic carbocycles. The lowest BCUT2D eigenvalue weighted by atomic mass is 9.86. The highest BCUT2D eigenvalue weighted by Crippen LogP contribution is 2.35. The molecule has 0 spiro atoms. The van der Waals surface area contributed by atoms with Gasteiger partial charge in [-0.15, -0.1) is 0 Å². The van der Waals surface area contributed by atoms with Crippen molar-refractivity contribution < 1.29 is 28.2 Å². The number of Topliss-reactive ketones (excluding diaryl/α,β-unsaturated/α-hetero) is 1. The van der Waals surface area contributed by atoms with Gasteiger partial charge in [-0.05, 0) is 45.9 Å². The molecule has 2 aromatic rings. The summed E-state index contributed by atoms with van der Waals surface area (Å²) in [5.74, 6) is -3.32. The number of hydrogen-bond acceptors (Lipinski definition) is 7. The Kier molecular flexibility index (Phi) is 6.59. The number of nitrogens with one attached hydrogen (secondary N) is 1. The third kappa shape index (κ3) is 5.11. The van der Waals surface area contributed by atoms with Crippen LogP contribution in [0.4, 0.5) is 20.7 Å². The lowest BCUT2D eigenvalue weighted by Crippen LogP contribution is -2.36. The smallest absolute Gasteiger partial charge is 0.413 e. The molecular weight excluding hydrogens is 441 g/mol. The Labute approximate surface area is 188 Å². The van der Waals surface area contributed by atoms with Crippen LogP contribution in [0, 0.1) is 11.7 Å². The standard InChI is InChI=1S/C22H21ClFN3O5/c1-5-31-20(29)17-18(26-15-9-14(24)13(23)8-12(15)19(17)28)11-6-7-16(25-10-11)27-21(30)32-22(2,3)4/h6-10,17H,5H2,1-4H3,(H,25,27,30). The quantitative estimate of drug-likeness (QED) is 0.521. The van der Waals surface area contributed by atoms with Gasteiger partial charge in [-0.25, -0.2) is 14.2 Å². The number of anilines is 1. The van der Waals surface area contributed by atoms with Gasteiger partial charge in [0.15, 0.2) is 11.7 Å². The van der Waals surface area contributed by atoms with E-state index in [4.69, 9.17) is 21.1 Å². The minimum atomic E-state index is -1.37. The normalized spacial score (nSPS) is 15.5. The molecule has 1 unspecified atom stereocenters. The minimum absolute atomic E-state index is 0.0226. The molecule has 3 rings (SSSR count). The van der Waals surface area contributed by atoms with E-state index in [9.17, 15) is 18.8 Å². The second kappa shape index (κ2) is 9.04. The van der Waals surface area contributed by atoms with Gasteiger partial charge < -0.3 is 9.47 Å². The number of nitrogens with zero attached hydrogens (tertiary/aromatic N) is 2. The van der Waals surface area contributed by atoms with E-state index in [2.05, 4.69) is 15.3 Å². The molecule has 10 heteroatoms. The first kappa shape index (κ1) is 23.3. The second-order valence-electron chi connectivity index (χ2n) is 7.89. The lowest BCUT2D eigenvalue weighted by Gasteiger charge is -2.23. The Morgan fingerprint density at radius 2 is 1.97 bits per heavy atom. The maximum Gasteiger partial charge on any atom is 0.413 e. The summed E-state index contributed by atoms with van der Waals surface area (Å²) in [5, 5.41) is 2.23. The fourth-order valence-corrected chi connectivity index (χ4v) is 3.17. The summed E-state index contributed by atoms with van der Waals surface area (Å²) in [6, 6.07) is 5.16. The Bertz CT molecular complexity index is 1110. The molecule has 0 saturated carbocycles. The van der Waals surface area contributed by atoms with Crippen LogP contribution in [-0.4, -0.2) is 40.7 Å². The number of halogens is 2. The zero-order valence-electron chi connectivity index (χ0n) is 17.9. The lowest BCUT2D eigenvalue weighted by molar-refractivity contribution is -0.144. The fourth-order valence-electron chi connectivity index (χ4n) is 3.00. The number of rotatable bonds is 4. The van der Waals surface area contributed by atoms with E-state index < -0.39 is 35.2 Å². The predicted octanol–water partition coefficient (Wildman–Crippen LogP) is 4.72. The molecule has 2 heterocycles. The molecule has 1 aliphatic rings. The molecule has 1 aromatic heterocycles. The largest absolute Gasteiger partial charge is 0.465 e. The second-order valence-corrected chi connectivity index (χ2v) is 8.30. The monoisotopic (exact) mass is 461 g/mol. The average molecular weight is 462 g/mol. The number of pyridine rings is 1. The third-order valence-corrected chi connectivity index (χ3v) is 4.58. The van der Waals surface area contributed by atoms with E-state index in [1.165, 1.54) is 18.3 Å². The van der Waals surface area contributed by atoms with Gasteiger partial charge in [0.1, 0.15) is 17.2 Å². The molecule has 0 fully saturated rings. The van der Waals surface area contributed by atoms with Crippen LogP contribution >= 0.6 is 11.6 Å². The van der Waals surface area contributed by atoms with Crippen molar-refractivity contribution in [3.05, 3.63) is 52.4 Å². The number of hydrogen-bond donors (Lipinski definition) is 1. The van der Waals surface area contributed by atoms with Crippen LogP contribution in [0.3, 0.4) is 0 Å². The van der Waals surface area contributed by atoms with Gasteiger partial charge in [-0.2, -0.15) is 0 Å². The highest BCUT2D eigenvalue weighted by molar-refractivity contribution is 6.34. The highest BCUT2D eigenvalue weighted by Gasteiger charge is 2.39. The summed E-state index contributed by atoms with van der Waals surface area (Å²) in [5.41, 5.74) is -0.233. The summed E-state index contributed by atoms with van der Waals surface area (Å²) in [4.78, 5) is 46.0. The van der Waals surface area contributed by atoms with Crippen molar-refractivity contribution in [3.8, 4) is 0 Å². The van der Waals surface area contributed by atoms with Crippen molar-refractivity contribution in [2.75, 3.05) is 11.9 Å². The van der Waals surface area contributed by atoms with Gasteiger partial charge in [0.25, 0.3) is 0 Å². The van der Waals surface area contributed by atoms with Gasteiger partial charge in [0.05, 0.1) is 23.0 Å². The molecule has 0 bridgehead atoms. The van der Waals surface area contributed by atoms with Crippen LogP contribution in [0.5, 0.6) is 0 Å². The van der Waals surface area contributed by atoms with Gasteiger partial charge >= 0.3 is 12.1 Å². The maximum atomic E-state index is 14.0. The third-order valence-electron chi connectivity index (χ3n) is 4.29. The minimum Gasteiger partial charge on any atom is -0.465 e. The maximum absolute atomic E-state index is 14.0. The molecule has 1 N–H and O–H groups in total. The van der Waals surface area contributed by atoms with Crippen molar-refractivity contribution in [2.45, 2.75) is 33.3 Å². The van der Waals surface area contributed by atoms with Crippen LogP contribution in [-0.2, 0) is 14.3 Å². The van der Waals surface area contributed by atoms with Crippen molar-refractivity contribution in [1.29, 1.82) is 0 Å². The summed E-state index contributed by atoms with van der Waals surface area (Å²) in [6.45, 7) is 6.85. The van der Waals surface area contributed by atoms with Crippen LogP contribution in [0.15, 0.2) is 35.5 Å². The number of carbonyl (C=O) groups excluding carboxylic acids is 3. The fraction of sp³-hybridized carbons (Fsp3) is 0.318. The van der Waals surface area contributed by atoms with Crippen molar-refractivity contribution in [3.63, 3.8) is 0 Å². The molecule has 168 valence electrons. The molecule has 1 amide bonds.